The highest BCUT2D eigenvalue weighted by Crippen LogP contribution is 2.42. The second kappa shape index (κ2) is 22.3. The van der Waals surface area contributed by atoms with Crippen molar-refractivity contribution in [1.82, 2.24) is 10.2 Å². The molecule has 17 heteroatoms. The van der Waals surface area contributed by atoms with E-state index in [1.807, 2.05) is 44.0 Å². The molecule has 3 saturated heterocycles. The fourth-order valence-electron chi connectivity index (χ4n) is 10.8. The van der Waals surface area contributed by atoms with E-state index in [9.17, 15) is 34.8 Å². The van der Waals surface area contributed by atoms with Gasteiger partial charge in [0.15, 0.2) is 12.6 Å². The predicted octanol–water partition coefficient (Wildman–Crippen LogP) is 4.22. The summed E-state index contributed by atoms with van der Waals surface area (Å²) >= 11 is 0. The third kappa shape index (κ3) is 11.8. The number of carbonyl (C=O) groups is 3. The molecule has 3 heterocycles. The Kier molecular flexibility index (Phi) is 18.3. The second-order valence-corrected chi connectivity index (χ2v) is 20.2. The molecule has 1 aliphatic carbocycles. The van der Waals surface area contributed by atoms with Crippen molar-refractivity contribution in [2.24, 2.45) is 23.7 Å². The van der Waals surface area contributed by atoms with E-state index >= 15 is 0 Å². The Hall–Kier alpha value is -2.81. The molecule has 0 saturated carbocycles. The molecule has 0 radical (unpaired) electrons. The number of ether oxygens (including phenoxy) is 8. The zero-order valence-corrected chi connectivity index (χ0v) is 41.4. The number of hydrogen-bond donors (Lipinski definition) is 5. The van der Waals surface area contributed by atoms with Crippen molar-refractivity contribution in [3.63, 3.8) is 0 Å². The third-order valence-electron chi connectivity index (χ3n) is 15.3. The summed E-state index contributed by atoms with van der Waals surface area (Å²) < 4.78 is 50.1. The molecule has 5 N–H and O–H groups in total. The number of aryl methyl sites for hydroxylation is 1. The Morgan fingerprint density at radius 1 is 0.909 bits per heavy atom. The molecule has 4 aliphatic rings. The average molecular weight is 937 g/mol. The van der Waals surface area contributed by atoms with Gasteiger partial charge in [-0.25, -0.2) is 4.79 Å². The molecule has 66 heavy (non-hydrogen) atoms. The number of carbonyl (C=O) groups excluding carboxylic acids is 3. The SMILES string of the molecule is CC[C@H]1OC(=O)[C@H](C)[C@@H](OC2C[C@@](C)(OC)[C@@H](O)[C@H](C)O2)[C@H](C)[C@@H](OC2O[C@H](C)C[C@H](N(C)CCOC(=O)N[C@H]3CCc4ccccc43)[C@H]2O)[C@](C)(OC)C[C@@H](C)C(=O)[C@H](C)[C@@H](O)[C@]1(C)O. The van der Waals surface area contributed by atoms with Gasteiger partial charge >= 0.3 is 12.1 Å². The van der Waals surface area contributed by atoms with Crippen molar-refractivity contribution in [1.29, 1.82) is 0 Å². The van der Waals surface area contributed by atoms with E-state index in [1.54, 1.807) is 41.5 Å². The highest BCUT2D eigenvalue weighted by Gasteiger charge is 2.54. The number of rotatable bonds is 12. The average Bonchev–Trinajstić information content (AvgIpc) is 3.69. The minimum Gasteiger partial charge on any atom is -0.459 e. The van der Waals surface area contributed by atoms with Gasteiger partial charge in [-0.1, -0.05) is 52.0 Å². The quantitative estimate of drug-likeness (QED) is 0.185. The fraction of sp³-hybridized carbons (Fsp3) is 0.816. The number of aliphatic hydroxyl groups excluding tert-OH is 3. The van der Waals surface area contributed by atoms with Crippen LogP contribution in [0.15, 0.2) is 24.3 Å². The van der Waals surface area contributed by atoms with Crippen LogP contribution >= 0.6 is 0 Å². The lowest BCUT2D eigenvalue weighted by Crippen LogP contribution is -2.61. The van der Waals surface area contributed by atoms with Crippen LogP contribution in [0.4, 0.5) is 4.79 Å². The van der Waals surface area contributed by atoms with Crippen molar-refractivity contribution in [3.05, 3.63) is 35.4 Å². The summed E-state index contributed by atoms with van der Waals surface area (Å²) in [6.45, 7) is 17.2. The van der Waals surface area contributed by atoms with Crippen LogP contribution < -0.4 is 5.32 Å². The number of aliphatic hydroxyl groups is 4. The molecule has 376 valence electrons. The lowest BCUT2D eigenvalue weighted by Gasteiger charge is -2.50. The second-order valence-electron chi connectivity index (χ2n) is 20.2. The van der Waals surface area contributed by atoms with Crippen molar-refractivity contribution in [2.75, 3.05) is 34.4 Å². The fourth-order valence-corrected chi connectivity index (χ4v) is 10.8. The first-order chi connectivity index (χ1) is 30.9. The topological polar surface area (TPSA) is 221 Å². The number of fused-ring (bicyclic) bond motifs is 1. The number of likely N-dealkylation sites (N-methyl/N-ethyl adjacent to an activating group) is 1. The number of amides is 1. The molecule has 0 bridgehead atoms. The van der Waals surface area contributed by atoms with E-state index in [1.165, 1.54) is 33.6 Å². The number of alkyl carbamates (subject to hydrolysis) is 1. The van der Waals surface area contributed by atoms with E-state index in [-0.39, 0.29) is 37.7 Å². The van der Waals surface area contributed by atoms with Gasteiger partial charge in [-0.15, -0.1) is 0 Å². The van der Waals surface area contributed by atoms with Gasteiger partial charge in [-0.3, -0.25) is 14.5 Å². The Bertz CT molecular complexity index is 1790. The van der Waals surface area contributed by atoms with Gasteiger partial charge in [0, 0.05) is 51.0 Å². The smallest absolute Gasteiger partial charge is 0.407 e. The van der Waals surface area contributed by atoms with Crippen LogP contribution in [0.25, 0.3) is 0 Å². The van der Waals surface area contributed by atoms with Crippen molar-refractivity contribution < 1.29 is 72.7 Å². The number of nitrogens with one attached hydrogen (secondary N) is 1. The summed E-state index contributed by atoms with van der Waals surface area (Å²) in [7, 11) is 4.81. The number of esters is 1. The summed E-state index contributed by atoms with van der Waals surface area (Å²) in [5.41, 5.74) is -2.11. The van der Waals surface area contributed by atoms with E-state index in [0.717, 1.165) is 18.4 Å². The molecule has 2 unspecified atom stereocenters. The number of benzene rings is 1. The van der Waals surface area contributed by atoms with Crippen LogP contribution in [0.1, 0.15) is 119 Å². The first-order valence-electron chi connectivity index (χ1n) is 23.9. The van der Waals surface area contributed by atoms with Crippen LogP contribution in [0.3, 0.4) is 0 Å². The number of ketones is 1. The molecule has 1 aromatic carbocycles. The molecule has 3 aliphatic heterocycles. The highest BCUT2D eigenvalue weighted by molar-refractivity contribution is 5.83. The maximum Gasteiger partial charge on any atom is 0.407 e. The standard InChI is InChI=1S/C49H80N2O15/c1-14-36-49(10,58)41(54)28(4)38(52)26(2)24-48(9,60-13)43(29(5)40(30(6)44(56)64-36)65-37-25-47(8,59-12)42(55)31(7)63-37)66-45-39(53)35(23-27(3)62-45)51(11)21-22-61-46(57)50-34-20-19-32-17-15-16-18-33(32)34/h15-18,26-31,34-37,39-43,45,53-55,58H,14,19-25H2,1-13H3,(H,50,57)/t26-,27-,28+,29+,30-,31+,34+,35+,36-,37?,39-,40+,41-,42+,43-,45?,47-,48-,49-/m1/s1. The Labute approximate surface area is 391 Å². The molecule has 0 aromatic heterocycles. The van der Waals surface area contributed by atoms with E-state index in [4.69, 9.17) is 37.9 Å². The molecule has 3 fully saturated rings. The van der Waals surface area contributed by atoms with Gasteiger partial charge in [0.05, 0.1) is 53.7 Å². The number of cyclic esters (lactones) is 1. The lowest BCUT2D eigenvalue weighted by molar-refractivity contribution is -0.319. The molecule has 17 nitrogen and oxygen atoms in total. The van der Waals surface area contributed by atoms with Gasteiger partial charge in [-0.2, -0.15) is 0 Å². The molecule has 5 rings (SSSR count). The maximum absolute atomic E-state index is 14.4. The number of Topliss-reactive ketones (excluding diaryl/α,β-unsaturated/α-hetero) is 1. The van der Waals surface area contributed by atoms with Crippen LogP contribution in [0.2, 0.25) is 0 Å². The van der Waals surface area contributed by atoms with Crippen molar-refractivity contribution >= 4 is 17.8 Å². The summed E-state index contributed by atoms with van der Waals surface area (Å²) in [5, 5.41) is 49.5. The molecular weight excluding hydrogens is 857 g/mol. The van der Waals surface area contributed by atoms with Crippen LogP contribution in [0, 0.1) is 23.7 Å². The van der Waals surface area contributed by atoms with Gasteiger partial charge in [0.25, 0.3) is 0 Å². The highest BCUT2D eigenvalue weighted by atomic mass is 16.7. The minimum atomic E-state index is -2.00. The van der Waals surface area contributed by atoms with Gasteiger partial charge in [-0.05, 0) is 91.8 Å². The van der Waals surface area contributed by atoms with Gasteiger partial charge in [0.1, 0.15) is 36.3 Å². The first-order valence-corrected chi connectivity index (χ1v) is 23.9. The minimum absolute atomic E-state index is 0.0533. The van der Waals surface area contributed by atoms with Gasteiger partial charge in [0.2, 0.25) is 0 Å². The molecule has 1 amide bonds. The van der Waals surface area contributed by atoms with E-state index in [2.05, 4.69) is 11.4 Å². The summed E-state index contributed by atoms with van der Waals surface area (Å²) in [6.07, 6.45) is -8.68. The van der Waals surface area contributed by atoms with Crippen LogP contribution in [-0.4, -0.2) is 162 Å². The Balaban J connectivity index is 1.45. The molecule has 0 spiro atoms. The number of nitrogens with zero attached hydrogens (tertiary/aromatic N) is 1. The van der Waals surface area contributed by atoms with E-state index in [0.29, 0.717) is 13.0 Å². The van der Waals surface area contributed by atoms with Crippen molar-refractivity contribution in [2.45, 2.75) is 198 Å². The Morgan fingerprint density at radius 3 is 2.23 bits per heavy atom. The maximum atomic E-state index is 14.4. The van der Waals surface area contributed by atoms with Crippen LogP contribution in [-0.2, 0) is 53.9 Å². The van der Waals surface area contributed by atoms with Crippen LogP contribution in [0.5, 0.6) is 0 Å². The number of hydrogen-bond acceptors (Lipinski definition) is 16. The predicted molar refractivity (Wildman–Crippen MR) is 242 cm³/mol. The third-order valence-corrected chi connectivity index (χ3v) is 15.3. The number of methoxy groups -OCH3 is 2. The summed E-state index contributed by atoms with van der Waals surface area (Å²) in [4.78, 5) is 43.4. The first kappa shape index (κ1) is 54.1. The summed E-state index contributed by atoms with van der Waals surface area (Å²) in [5.74, 6) is -4.79. The summed E-state index contributed by atoms with van der Waals surface area (Å²) in [6, 6.07) is 7.40. The zero-order valence-electron chi connectivity index (χ0n) is 41.4. The molecule has 19 atom stereocenters. The largest absolute Gasteiger partial charge is 0.459 e. The molecular formula is C49H80N2O15. The Morgan fingerprint density at radius 2 is 1.58 bits per heavy atom. The van der Waals surface area contributed by atoms with E-state index < -0.39 is 120 Å². The normalized spacial score (nSPS) is 42.9. The molecule has 1 aromatic rings. The van der Waals surface area contributed by atoms with Gasteiger partial charge < -0.3 is 63.6 Å². The monoisotopic (exact) mass is 937 g/mol. The lowest BCUT2D eigenvalue weighted by atomic mass is 9.74. The zero-order chi connectivity index (χ0) is 49.1. The van der Waals surface area contributed by atoms with Crippen molar-refractivity contribution in [3.8, 4) is 0 Å².